The summed E-state index contributed by atoms with van der Waals surface area (Å²) in [7, 11) is -2.87. The van der Waals surface area contributed by atoms with E-state index in [1.807, 2.05) is 24.3 Å². The van der Waals surface area contributed by atoms with Crippen LogP contribution in [0.3, 0.4) is 0 Å². The Bertz CT molecular complexity index is 596. The molecule has 1 aromatic carbocycles. The molecule has 1 heterocycles. The fourth-order valence-electron chi connectivity index (χ4n) is 2.42. The predicted molar refractivity (Wildman–Crippen MR) is 93.2 cm³/mol. The number of unbranched alkanes of at least 4 members (excludes halogenated alkanes) is 1. The van der Waals surface area contributed by atoms with Crippen LogP contribution < -0.4 is 5.32 Å². The summed E-state index contributed by atoms with van der Waals surface area (Å²) < 4.78 is 22.7. The van der Waals surface area contributed by atoms with E-state index in [1.54, 1.807) is 0 Å². The van der Waals surface area contributed by atoms with Crippen molar-refractivity contribution in [3.8, 4) is 0 Å². The fourth-order valence-corrected chi connectivity index (χ4v) is 5.86. The van der Waals surface area contributed by atoms with Gasteiger partial charge < -0.3 is 5.32 Å². The first-order valence-corrected chi connectivity index (χ1v) is 10.6. The van der Waals surface area contributed by atoms with Crippen LogP contribution in [0.1, 0.15) is 31.7 Å². The highest BCUT2D eigenvalue weighted by Crippen LogP contribution is 2.24. The Morgan fingerprint density at radius 1 is 1.32 bits per heavy atom. The molecule has 1 aliphatic heterocycles. The van der Waals surface area contributed by atoms with E-state index in [9.17, 15) is 13.2 Å². The molecule has 2 rings (SSSR count). The van der Waals surface area contributed by atoms with Crippen molar-refractivity contribution in [1.29, 1.82) is 0 Å². The molecular weight excluding hydrogens is 318 g/mol. The molecule has 0 spiro atoms. The van der Waals surface area contributed by atoms with Crippen molar-refractivity contribution < 1.29 is 13.2 Å². The van der Waals surface area contributed by atoms with Crippen LogP contribution >= 0.6 is 11.8 Å². The van der Waals surface area contributed by atoms with Crippen LogP contribution in [0.25, 0.3) is 0 Å². The van der Waals surface area contributed by atoms with Crippen molar-refractivity contribution in [3.63, 3.8) is 0 Å². The summed E-state index contributed by atoms with van der Waals surface area (Å²) in [4.78, 5) is 11.9. The van der Waals surface area contributed by atoms with Gasteiger partial charge in [0.15, 0.2) is 9.84 Å². The lowest BCUT2D eigenvalue weighted by Gasteiger charge is -2.09. The zero-order valence-corrected chi connectivity index (χ0v) is 14.5. The van der Waals surface area contributed by atoms with Crippen molar-refractivity contribution in [2.24, 2.45) is 0 Å². The minimum Gasteiger partial charge on any atom is -0.325 e. The largest absolute Gasteiger partial charge is 0.325 e. The van der Waals surface area contributed by atoms with Crippen LogP contribution in [0.2, 0.25) is 0 Å². The van der Waals surface area contributed by atoms with E-state index in [1.165, 1.54) is 30.2 Å². The lowest BCUT2D eigenvalue weighted by molar-refractivity contribution is -0.113. The molecule has 22 heavy (non-hydrogen) atoms. The highest BCUT2D eigenvalue weighted by molar-refractivity contribution is 8.02. The van der Waals surface area contributed by atoms with Gasteiger partial charge in [0.1, 0.15) is 0 Å². The molecule has 122 valence electrons. The smallest absolute Gasteiger partial charge is 0.234 e. The number of anilines is 1. The quantitative estimate of drug-likeness (QED) is 0.828. The topological polar surface area (TPSA) is 63.2 Å². The molecule has 1 amide bonds. The molecule has 0 aromatic heterocycles. The molecular formula is C16H23NO3S2. The second-order valence-corrected chi connectivity index (χ2v) is 9.20. The van der Waals surface area contributed by atoms with Gasteiger partial charge in [-0.25, -0.2) is 8.42 Å². The van der Waals surface area contributed by atoms with E-state index in [-0.39, 0.29) is 22.7 Å². The van der Waals surface area contributed by atoms with Crippen molar-refractivity contribution in [2.45, 2.75) is 37.9 Å². The van der Waals surface area contributed by atoms with Crippen LogP contribution in [0.15, 0.2) is 24.3 Å². The zero-order chi connectivity index (χ0) is 16.0. The van der Waals surface area contributed by atoms with Crippen LogP contribution in [-0.2, 0) is 21.1 Å². The highest BCUT2D eigenvalue weighted by Gasteiger charge is 2.28. The first-order chi connectivity index (χ1) is 10.5. The normalized spacial score (nSPS) is 20.0. The zero-order valence-electron chi connectivity index (χ0n) is 12.9. The molecule has 1 fully saturated rings. The van der Waals surface area contributed by atoms with Gasteiger partial charge in [0.05, 0.1) is 17.3 Å². The standard InChI is InChI=1S/C16H23NO3S2/c1-2-3-4-13-5-7-14(8-6-13)17-16(18)11-21-15-9-10-22(19,20)12-15/h5-8,15H,2-4,9-12H2,1H3,(H,17,18). The summed E-state index contributed by atoms with van der Waals surface area (Å²) in [5.41, 5.74) is 2.08. The first-order valence-electron chi connectivity index (χ1n) is 7.69. The summed E-state index contributed by atoms with van der Waals surface area (Å²) in [6.45, 7) is 2.17. The fraction of sp³-hybridized carbons (Fsp3) is 0.562. The Kier molecular flexibility index (Phi) is 6.32. The summed E-state index contributed by atoms with van der Waals surface area (Å²) in [5, 5.41) is 2.92. The molecule has 1 atom stereocenters. The number of aryl methyl sites for hydroxylation is 1. The van der Waals surface area contributed by atoms with Gasteiger partial charge >= 0.3 is 0 Å². The number of carbonyl (C=O) groups excluding carboxylic acids is 1. The van der Waals surface area contributed by atoms with Gasteiger partial charge in [-0.15, -0.1) is 11.8 Å². The van der Waals surface area contributed by atoms with Gasteiger partial charge in [-0.3, -0.25) is 4.79 Å². The maximum absolute atomic E-state index is 11.9. The van der Waals surface area contributed by atoms with E-state index >= 15 is 0 Å². The predicted octanol–water partition coefficient (Wildman–Crippen LogP) is 2.89. The first kappa shape index (κ1) is 17.3. The van der Waals surface area contributed by atoms with Crippen LogP contribution in [0.5, 0.6) is 0 Å². The number of benzene rings is 1. The number of nitrogens with one attached hydrogen (secondary N) is 1. The molecule has 0 radical (unpaired) electrons. The number of thioether (sulfide) groups is 1. The van der Waals surface area contributed by atoms with E-state index in [2.05, 4.69) is 12.2 Å². The SMILES string of the molecule is CCCCc1ccc(NC(=O)CSC2CCS(=O)(=O)C2)cc1. The van der Waals surface area contributed by atoms with Gasteiger partial charge in [0.25, 0.3) is 0 Å². The van der Waals surface area contributed by atoms with Gasteiger partial charge in [-0.2, -0.15) is 0 Å². The van der Waals surface area contributed by atoms with E-state index in [4.69, 9.17) is 0 Å². The number of rotatable bonds is 7. The minimum absolute atomic E-state index is 0.0622. The molecule has 1 N–H and O–H groups in total. The lowest BCUT2D eigenvalue weighted by atomic mass is 10.1. The molecule has 1 aliphatic rings. The average molecular weight is 341 g/mol. The van der Waals surface area contributed by atoms with Gasteiger partial charge in [0.2, 0.25) is 5.91 Å². The maximum Gasteiger partial charge on any atom is 0.234 e. The summed E-state index contributed by atoms with van der Waals surface area (Å²) in [6, 6.07) is 7.94. The Morgan fingerprint density at radius 2 is 2.05 bits per heavy atom. The van der Waals surface area contributed by atoms with Gasteiger partial charge in [0, 0.05) is 10.9 Å². The molecule has 1 unspecified atom stereocenters. The Labute approximate surface area is 137 Å². The van der Waals surface area contributed by atoms with Crippen LogP contribution in [0.4, 0.5) is 5.69 Å². The second-order valence-electron chi connectivity index (χ2n) is 5.68. The molecule has 0 saturated carbocycles. The number of hydrogen-bond acceptors (Lipinski definition) is 4. The Morgan fingerprint density at radius 3 is 2.64 bits per heavy atom. The van der Waals surface area contributed by atoms with Crippen LogP contribution in [-0.4, -0.2) is 36.8 Å². The van der Waals surface area contributed by atoms with E-state index < -0.39 is 9.84 Å². The molecule has 0 aliphatic carbocycles. The Hall–Kier alpha value is -1.01. The minimum atomic E-state index is -2.87. The van der Waals surface area contributed by atoms with Gasteiger partial charge in [-0.05, 0) is 37.0 Å². The molecule has 6 heteroatoms. The van der Waals surface area contributed by atoms with Crippen molar-refractivity contribution >= 4 is 33.2 Å². The number of hydrogen-bond donors (Lipinski definition) is 1. The average Bonchev–Trinajstić information content (AvgIpc) is 2.84. The molecule has 1 aromatic rings. The number of carbonyl (C=O) groups is 1. The third-order valence-corrected chi connectivity index (χ3v) is 6.98. The second kappa shape index (κ2) is 8.02. The van der Waals surface area contributed by atoms with Crippen molar-refractivity contribution in [2.75, 3.05) is 22.6 Å². The number of amides is 1. The third-order valence-electron chi connectivity index (χ3n) is 3.70. The summed E-state index contributed by atoms with van der Waals surface area (Å²) in [5.74, 6) is 0.691. The number of sulfone groups is 1. The van der Waals surface area contributed by atoms with E-state index in [0.29, 0.717) is 12.2 Å². The summed E-state index contributed by atoms with van der Waals surface area (Å²) >= 11 is 1.44. The Balaban J connectivity index is 1.75. The molecule has 1 saturated heterocycles. The van der Waals surface area contributed by atoms with Crippen LogP contribution in [0, 0.1) is 0 Å². The maximum atomic E-state index is 11.9. The summed E-state index contributed by atoms with van der Waals surface area (Å²) in [6.07, 6.45) is 4.07. The molecule has 0 bridgehead atoms. The van der Waals surface area contributed by atoms with Crippen molar-refractivity contribution in [3.05, 3.63) is 29.8 Å². The van der Waals surface area contributed by atoms with Crippen molar-refractivity contribution in [1.82, 2.24) is 0 Å². The third kappa shape index (κ3) is 5.65. The lowest BCUT2D eigenvalue weighted by Crippen LogP contribution is -2.17. The highest BCUT2D eigenvalue weighted by atomic mass is 32.2. The van der Waals surface area contributed by atoms with E-state index in [0.717, 1.165) is 12.1 Å². The molecule has 4 nitrogen and oxygen atoms in total. The van der Waals surface area contributed by atoms with Gasteiger partial charge in [-0.1, -0.05) is 25.5 Å². The monoisotopic (exact) mass is 341 g/mol.